The molecule has 0 spiro atoms. The van der Waals surface area contributed by atoms with Gasteiger partial charge in [0.25, 0.3) is 5.91 Å². The van der Waals surface area contributed by atoms with Gasteiger partial charge in [0.2, 0.25) is 0 Å². The van der Waals surface area contributed by atoms with Crippen molar-refractivity contribution in [3.8, 4) is 34.3 Å². The fourth-order valence-corrected chi connectivity index (χ4v) is 4.22. The molecule has 1 amide bonds. The summed E-state index contributed by atoms with van der Waals surface area (Å²) in [6.07, 6.45) is 1.52. The average molecular weight is 518 g/mol. The summed E-state index contributed by atoms with van der Waals surface area (Å²) in [6.45, 7) is 2.03. The number of hydrogen-bond acceptors (Lipinski definition) is 8. The van der Waals surface area contributed by atoms with Crippen LogP contribution in [0.5, 0.6) is 17.2 Å². The Bertz CT molecular complexity index is 1390. The largest absolute Gasteiger partial charge is 0.497 e. The fourth-order valence-electron chi connectivity index (χ4n) is 3.48. The Kier molecular flexibility index (Phi) is 8.42. The smallest absolute Gasteiger partial charge is 0.250 e. The van der Waals surface area contributed by atoms with E-state index in [2.05, 4.69) is 20.7 Å². The van der Waals surface area contributed by atoms with Crippen LogP contribution >= 0.6 is 11.8 Å². The first-order chi connectivity index (χ1) is 18.0. The highest BCUT2D eigenvalue weighted by atomic mass is 32.2. The molecular weight excluding hydrogens is 490 g/mol. The molecule has 0 saturated carbocycles. The van der Waals surface area contributed by atoms with Gasteiger partial charge in [0.15, 0.2) is 11.0 Å². The maximum absolute atomic E-state index is 12.5. The van der Waals surface area contributed by atoms with Gasteiger partial charge < -0.3 is 14.2 Å². The van der Waals surface area contributed by atoms with E-state index in [1.54, 1.807) is 39.5 Å². The highest BCUT2D eigenvalue weighted by Crippen LogP contribution is 2.29. The third-order valence-electron chi connectivity index (χ3n) is 5.44. The molecule has 190 valence electrons. The summed E-state index contributed by atoms with van der Waals surface area (Å²) >= 11 is 1.27. The maximum Gasteiger partial charge on any atom is 0.250 e. The van der Waals surface area contributed by atoms with Gasteiger partial charge in [0.1, 0.15) is 17.2 Å². The number of benzene rings is 3. The second kappa shape index (κ2) is 12.1. The van der Waals surface area contributed by atoms with Crippen LogP contribution in [-0.4, -0.2) is 54.0 Å². The van der Waals surface area contributed by atoms with Crippen LogP contribution in [0.25, 0.3) is 17.1 Å². The molecule has 10 heteroatoms. The summed E-state index contributed by atoms with van der Waals surface area (Å²) in [5.74, 6) is 2.49. The van der Waals surface area contributed by atoms with Gasteiger partial charge in [-0.05, 0) is 43.3 Å². The minimum absolute atomic E-state index is 0.0965. The van der Waals surface area contributed by atoms with Crippen molar-refractivity contribution in [3.63, 3.8) is 0 Å². The number of hydrazone groups is 1. The predicted octanol–water partition coefficient (Wildman–Crippen LogP) is 4.51. The van der Waals surface area contributed by atoms with Crippen molar-refractivity contribution in [3.05, 3.63) is 77.9 Å². The van der Waals surface area contributed by atoms with E-state index < -0.39 is 0 Å². The van der Waals surface area contributed by atoms with Crippen LogP contribution < -0.4 is 19.6 Å². The van der Waals surface area contributed by atoms with Gasteiger partial charge >= 0.3 is 0 Å². The van der Waals surface area contributed by atoms with Crippen LogP contribution in [0.2, 0.25) is 0 Å². The summed E-state index contributed by atoms with van der Waals surface area (Å²) < 4.78 is 17.8. The number of aryl methyl sites for hydroxylation is 1. The number of nitrogens with zero attached hydrogens (tertiary/aromatic N) is 4. The SMILES string of the molecule is COc1ccc(-n2c(SCC(=O)NN=Cc3ccc(OC)cc3OC)nnc2-c2ccc(C)cc2)cc1. The Hall–Kier alpha value is -4.31. The lowest BCUT2D eigenvalue weighted by Crippen LogP contribution is -2.20. The van der Waals surface area contributed by atoms with Crippen molar-refractivity contribution in [2.24, 2.45) is 5.10 Å². The maximum atomic E-state index is 12.5. The van der Waals surface area contributed by atoms with Crippen LogP contribution in [-0.2, 0) is 4.79 Å². The van der Waals surface area contributed by atoms with E-state index in [0.29, 0.717) is 28.0 Å². The first kappa shape index (κ1) is 25.8. The topological polar surface area (TPSA) is 99.9 Å². The van der Waals surface area contributed by atoms with E-state index in [1.165, 1.54) is 18.0 Å². The zero-order valence-electron chi connectivity index (χ0n) is 21.0. The Balaban J connectivity index is 1.50. The Morgan fingerprint density at radius 1 is 0.946 bits per heavy atom. The molecule has 1 N–H and O–H groups in total. The Labute approximate surface area is 219 Å². The first-order valence-electron chi connectivity index (χ1n) is 11.4. The standard InChI is InChI=1S/C27H27N5O4S/c1-18-5-7-19(8-6-18)26-30-31-27(32(26)21-10-13-22(34-2)14-11-21)37-17-25(33)29-28-16-20-9-12-23(35-3)15-24(20)36-4/h5-16H,17H2,1-4H3,(H,29,33). The van der Waals surface area contributed by atoms with Crippen LogP contribution in [0.15, 0.2) is 77.0 Å². The van der Waals surface area contributed by atoms with Crippen molar-refractivity contribution in [2.75, 3.05) is 27.1 Å². The molecule has 4 aromatic rings. The molecule has 37 heavy (non-hydrogen) atoms. The highest BCUT2D eigenvalue weighted by Gasteiger charge is 2.17. The molecule has 0 aliphatic rings. The summed E-state index contributed by atoms with van der Waals surface area (Å²) in [7, 11) is 4.77. The molecule has 3 aromatic carbocycles. The van der Waals surface area contributed by atoms with E-state index in [1.807, 2.05) is 60.0 Å². The van der Waals surface area contributed by atoms with Gasteiger partial charge in [-0.15, -0.1) is 10.2 Å². The molecule has 1 aromatic heterocycles. The van der Waals surface area contributed by atoms with Crippen LogP contribution in [0.3, 0.4) is 0 Å². The zero-order chi connectivity index (χ0) is 26.2. The van der Waals surface area contributed by atoms with Gasteiger partial charge in [-0.2, -0.15) is 5.10 Å². The molecule has 0 saturated heterocycles. The van der Waals surface area contributed by atoms with Crippen LogP contribution in [0, 0.1) is 6.92 Å². The van der Waals surface area contributed by atoms with E-state index in [0.717, 1.165) is 22.6 Å². The highest BCUT2D eigenvalue weighted by molar-refractivity contribution is 7.99. The lowest BCUT2D eigenvalue weighted by molar-refractivity contribution is -0.118. The predicted molar refractivity (Wildman–Crippen MR) is 144 cm³/mol. The van der Waals surface area contributed by atoms with Crippen molar-refractivity contribution in [1.82, 2.24) is 20.2 Å². The van der Waals surface area contributed by atoms with Crippen LogP contribution in [0.4, 0.5) is 0 Å². The monoisotopic (exact) mass is 517 g/mol. The number of rotatable bonds is 10. The number of nitrogens with one attached hydrogen (secondary N) is 1. The molecule has 0 fully saturated rings. The van der Waals surface area contributed by atoms with Crippen molar-refractivity contribution >= 4 is 23.9 Å². The molecule has 0 radical (unpaired) electrons. The second-order valence-corrected chi connectivity index (χ2v) is 8.84. The Morgan fingerprint density at radius 3 is 2.32 bits per heavy atom. The fraction of sp³-hybridized carbons (Fsp3) is 0.185. The number of amides is 1. The van der Waals surface area contributed by atoms with E-state index in [4.69, 9.17) is 14.2 Å². The summed E-state index contributed by atoms with van der Waals surface area (Å²) in [6, 6.07) is 21.0. The van der Waals surface area contributed by atoms with Crippen molar-refractivity contribution in [2.45, 2.75) is 12.1 Å². The van der Waals surface area contributed by atoms with Gasteiger partial charge in [0, 0.05) is 22.9 Å². The molecule has 0 unspecified atom stereocenters. The molecular formula is C27H27N5O4S. The number of hydrogen-bond donors (Lipinski definition) is 1. The van der Waals surface area contributed by atoms with E-state index in [-0.39, 0.29) is 11.7 Å². The quantitative estimate of drug-likeness (QED) is 0.188. The number of thioether (sulfide) groups is 1. The van der Waals surface area contributed by atoms with E-state index >= 15 is 0 Å². The summed E-state index contributed by atoms with van der Waals surface area (Å²) in [5.41, 5.74) is 6.18. The van der Waals surface area contributed by atoms with Gasteiger partial charge in [-0.25, -0.2) is 5.43 Å². The summed E-state index contributed by atoms with van der Waals surface area (Å²) in [5, 5.41) is 13.4. The number of carbonyl (C=O) groups is 1. The molecule has 0 atom stereocenters. The molecule has 0 aliphatic carbocycles. The second-order valence-electron chi connectivity index (χ2n) is 7.90. The normalized spacial score (nSPS) is 10.9. The minimum Gasteiger partial charge on any atom is -0.497 e. The van der Waals surface area contributed by atoms with Crippen molar-refractivity contribution < 1.29 is 19.0 Å². The van der Waals surface area contributed by atoms with Crippen molar-refractivity contribution in [1.29, 1.82) is 0 Å². The number of carbonyl (C=O) groups excluding carboxylic acids is 1. The lowest BCUT2D eigenvalue weighted by Gasteiger charge is -2.11. The van der Waals surface area contributed by atoms with E-state index in [9.17, 15) is 4.79 Å². The Morgan fingerprint density at radius 2 is 1.65 bits per heavy atom. The van der Waals surface area contributed by atoms with Gasteiger partial charge in [0.05, 0.1) is 33.3 Å². The molecule has 0 bridgehead atoms. The van der Waals surface area contributed by atoms with Crippen LogP contribution in [0.1, 0.15) is 11.1 Å². The average Bonchev–Trinajstić information content (AvgIpc) is 3.36. The third kappa shape index (κ3) is 6.28. The molecule has 9 nitrogen and oxygen atoms in total. The molecule has 4 rings (SSSR count). The lowest BCUT2D eigenvalue weighted by atomic mass is 10.1. The van der Waals surface area contributed by atoms with Gasteiger partial charge in [-0.1, -0.05) is 41.6 Å². The molecule has 0 aliphatic heterocycles. The number of methoxy groups -OCH3 is 3. The number of aromatic nitrogens is 3. The summed E-state index contributed by atoms with van der Waals surface area (Å²) in [4.78, 5) is 12.5. The molecule has 1 heterocycles. The number of ether oxygens (including phenoxy) is 3. The zero-order valence-corrected chi connectivity index (χ0v) is 21.8. The van der Waals surface area contributed by atoms with Gasteiger partial charge in [-0.3, -0.25) is 9.36 Å². The minimum atomic E-state index is -0.283. The first-order valence-corrected chi connectivity index (χ1v) is 12.3. The third-order valence-corrected chi connectivity index (χ3v) is 6.37.